The van der Waals surface area contributed by atoms with Gasteiger partial charge in [0.25, 0.3) is 0 Å². The molecule has 0 atom stereocenters. The molecule has 0 aliphatic carbocycles. The van der Waals surface area contributed by atoms with Crippen LogP contribution in [0, 0.1) is 6.92 Å². The lowest BCUT2D eigenvalue weighted by Gasteiger charge is -2.01. The van der Waals surface area contributed by atoms with Crippen molar-refractivity contribution < 1.29 is 9.59 Å². The van der Waals surface area contributed by atoms with Crippen molar-refractivity contribution in [1.82, 2.24) is 0 Å². The molecule has 0 heterocycles. The van der Waals surface area contributed by atoms with Gasteiger partial charge in [-0.25, -0.2) is 14.6 Å². The number of benzene rings is 1. The van der Waals surface area contributed by atoms with Crippen molar-refractivity contribution in [1.29, 1.82) is 0 Å². The molecule has 0 radical (unpaired) electrons. The minimum absolute atomic E-state index is 0.306. The second-order valence-corrected chi connectivity index (χ2v) is 2.72. The van der Waals surface area contributed by atoms with Gasteiger partial charge in [-0.2, -0.15) is 4.99 Å². The monoisotopic (exact) mass is 188 g/mol. The average molecular weight is 188 g/mol. The van der Waals surface area contributed by atoms with Gasteiger partial charge in [0.15, 0.2) is 0 Å². The Labute approximate surface area is 81.0 Å². The third-order valence-electron chi connectivity index (χ3n) is 1.81. The van der Waals surface area contributed by atoms with Crippen molar-refractivity contribution in [2.75, 3.05) is 0 Å². The van der Waals surface area contributed by atoms with E-state index in [0.29, 0.717) is 12.2 Å². The second-order valence-electron chi connectivity index (χ2n) is 2.72. The molecule has 1 aromatic carbocycles. The third kappa shape index (κ3) is 2.49. The molecule has 0 saturated heterocycles. The standard InChI is InChI=1S/C10H8N2O2/c1-8-4-10(12-7-14)3-2-9(8)5-11-6-13/h2-4H,5H2,1H3. The van der Waals surface area contributed by atoms with Crippen LogP contribution in [-0.2, 0) is 16.1 Å². The van der Waals surface area contributed by atoms with Crippen LogP contribution in [-0.4, -0.2) is 12.2 Å². The fraction of sp³-hybridized carbons (Fsp3) is 0.200. The molecule has 1 rings (SSSR count). The summed E-state index contributed by atoms with van der Waals surface area (Å²) in [4.78, 5) is 26.8. The first-order valence-corrected chi connectivity index (χ1v) is 3.99. The highest BCUT2D eigenvalue weighted by Gasteiger charge is 1.98. The van der Waals surface area contributed by atoms with Gasteiger partial charge in [-0.3, -0.25) is 0 Å². The van der Waals surface area contributed by atoms with Crippen molar-refractivity contribution in [3.05, 3.63) is 29.3 Å². The highest BCUT2D eigenvalue weighted by molar-refractivity contribution is 5.51. The Balaban J connectivity index is 3.00. The summed E-state index contributed by atoms with van der Waals surface area (Å²) in [6, 6.07) is 5.18. The van der Waals surface area contributed by atoms with E-state index in [1.54, 1.807) is 18.2 Å². The van der Waals surface area contributed by atoms with E-state index in [2.05, 4.69) is 9.98 Å². The summed E-state index contributed by atoms with van der Waals surface area (Å²) in [7, 11) is 0. The first-order valence-electron chi connectivity index (χ1n) is 3.99. The number of aryl methyl sites for hydroxylation is 1. The van der Waals surface area contributed by atoms with E-state index in [-0.39, 0.29) is 0 Å². The van der Waals surface area contributed by atoms with E-state index in [4.69, 9.17) is 0 Å². The van der Waals surface area contributed by atoms with Gasteiger partial charge in [-0.05, 0) is 30.2 Å². The Morgan fingerprint density at radius 2 is 2.07 bits per heavy atom. The quantitative estimate of drug-likeness (QED) is 0.536. The molecule has 1 aromatic rings. The smallest absolute Gasteiger partial charge is 0.211 e. The molecule has 0 fully saturated rings. The maximum atomic E-state index is 9.98. The van der Waals surface area contributed by atoms with Crippen molar-refractivity contribution in [2.24, 2.45) is 9.98 Å². The first-order chi connectivity index (χ1) is 6.77. The molecule has 14 heavy (non-hydrogen) atoms. The number of carbonyl (C=O) groups excluding carboxylic acids is 2. The highest BCUT2D eigenvalue weighted by atomic mass is 16.1. The van der Waals surface area contributed by atoms with Gasteiger partial charge < -0.3 is 0 Å². The van der Waals surface area contributed by atoms with Crippen molar-refractivity contribution in [3.63, 3.8) is 0 Å². The van der Waals surface area contributed by atoms with Gasteiger partial charge in [0.2, 0.25) is 12.2 Å². The minimum atomic E-state index is 0.306. The van der Waals surface area contributed by atoms with Crippen LogP contribution in [0.15, 0.2) is 28.2 Å². The summed E-state index contributed by atoms with van der Waals surface area (Å²) in [5.74, 6) is 0. The number of hydrogen-bond acceptors (Lipinski definition) is 4. The van der Waals surface area contributed by atoms with Gasteiger partial charge in [0.05, 0.1) is 12.2 Å². The van der Waals surface area contributed by atoms with Gasteiger partial charge in [-0.15, -0.1) is 0 Å². The van der Waals surface area contributed by atoms with Crippen LogP contribution in [0.2, 0.25) is 0 Å². The number of nitrogens with zero attached hydrogens (tertiary/aromatic N) is 2. The molecule has 0 bridgehead atoms. The summed E-state index contributed by atoms with van der Waals surface area (Å²) in [5, 5.41) is 0. The molecule has 0 saturated carbocycles. The molecule has 0 unspecified atom stereocenters. The average Bonchev–Trinajstić information content (AvgIpc) is 2.17. The molecule has 70 valence electrons. The first kappa shape index (κ1) is 10.1. The fourth-order valence-electron chi connectivity index (χ4n) is 1.10. The molecular formula is C10H8N2O2. The molecule has 0 amide bonds. The van der Waals surface area contributed by atoms with Crippen molar-refractivity contribution in [3.8, 4) is 0 Å². The van der Waals surface area contributed by atoms with Crippen LogP contribution >= 0.6 is 0 Å². The van der Waals surface area contributed by atoms with Crippen LogP contribution < -0.4 is 0 Å². The summed E-state index contributed by atoms with van der Waals surface area (Å²) in [6.45, 7) is 2.17. The van der Waals surface area contributed by atoms with Crippen LogP contribution in [0.4, 0.5) is 5.69 Å². The predicted molar refractivity (Wildman–Crippen MR) is 50.8 cm³/mol. The zero-order valence-electron chi connectivity index (χ0n) is 7.65. The molecule has 4 heteroatoms. The van der Waals surface area contributed by atoms with E-state index < -0.39 is 0 Å². The van der Waals surface area contributed by atoms with Gasteiger partial charge >= 0.3 is 0 Å². The van der Waals surface area contributed by atoms with Gasteiger partial charge in [-0.1, -0.05) is 6.07 Å². The van der Waals surface area contributed by atoms with Crippen LogP contribution in [0.1, 0.15) is 11.1 Å². The Morgan fingerprint density at radius 3 is 2.64 bits per heavy atom. The lowest BCUT2D eigenvalue weighted by molar-refractivity contribution is 0.562. The fourth-order valence-corrected chi connectivity index (χ4v) is 1.10. The second kappa shape index (κ2) is 4.87. The van der Waals surface area contributed by atoms with E-state index in [0.717, 1.165) is 11.1 Å². The summed E-state index contributed by atoms with van der Waals surface area (Å²) < 4.78 is 0. The largest absolute Gasteiger partial charge is 0.240 e. The lowest BCUT2D eigenvalue weighted by Crippen LogP contribution is -1.85. The Kier molecular flexibility index (Phi) is 3.50. The van der Waals surface area contributed by atoms with E-state index in [9.17, 15) is 9.59 Å². The summed E-state index contributed by atoms with van der Waals surface area (Å²) >= 11 is 0. The molecule has 0 N–H and O–H groups in total. The maximum Gasteiger partial charge on any atom is 0.240 e. The molecule has 0 spiro atoms. The molecule has 0 aliphatic heterocycles. The van der Waals surface area contributed by atoms with Gasteiger partial charge in [0, 0.05) is 0 Å². The van der Waals surface area contributed by atoms with E-state index in [1.165, 1.54) is 12.2 Å². The van der Waals surface area contributed by atoms with Crippen LogP contribution in [0.3, 0.4) is 0 Å². The normalized spacial score (nSPS) is 8.64. The molecule has 0 aliphatic rings. The zero-order chi connectivity index (χ0) is 10.4. The number of rotatable bonds is 3. The topological polar surface area (TPSA) is 58.9 Å². The Bertz CT molecular complexity index is 428. The zero-order valence-corrected chi connectivity index (χ0v) is 7.65. The number of aliphatic imine (C=N–C) groups is 2. The van der Waals surface area contributed by atoms with Crippen molar-refractivity contribution >= 4 is 17.8 Å². The Morgan fingerprint density at radius 1 is 1.29 bits per heavy atom. The van der Waals surface area contributed by atoms with Gasteiger partial charge in [0.1, 0.15) is 0 Å². The minimum Gasteiger partial charge on any atom is -0.211 e. The molecule has 4 nitrogen and oxygen atoms in total. The highest BCUT2D eigenvalue weighted by Crippen LogP contribution is 2.17. The number of hydrogen-bond donors (Lipinski definition) is 0. The maximum absolute atomic E-state index is 9.98. The van der Waals surface area contributed by atoms with Crippen LogP contribution in [0.5, 0.6) is 0 Å². The summed E-state index contributed by atoms with van der Waals surface area (Å²) in [5.41, 5.74) is 2.40. The third-order valence-corrected chi connectivity index (χ3v) is 1.81. The van der Waals surface area contributed by atoms with E-state index >= 15 is 0 Å². The number of isocyanates is 2. The molecular weight excluding hydrogens is 180 g/mol. The van der Waals surface area contributed by atoms with E-state index in [1.807, 2.05) is 6.92 Å². The lowest BCUT2D eigenvalue weighted by atomic mass is 10.1. The summed E-state index contributed by atoms with van der Waals surface area (Å²) in [6.07, 6.45) is 2.94. The SMILES string of the molecule is Cc1cc(N=C=O)ccc1CN=C=O. The van der Waals surface area contributed by atoms with Crippen LogP contribution in [0.25, 0.3) is 0 Å². The van der Waals surface area contributed by atoms with Crippen molar-refractivity contribution in [2.45, 2.75) is 13.5 Å². The predicted octanol–water partition coefficient (Wildman–Crippen LogP) is 1.80. The Hall–Kier alpha value is -2.02. The molecule has 0 aromatic heterocycles.